The molecule has 3 aromatic rings. The summed E-state index contributed by atoms with van der Waals surface area (Å²) in [6.07, 6.45) is 3.41. The molecule has 2 aliphatic heterocycles. The van der Waals surface area contributed by atoms with E-state index in [4.69, 9.17) is 11.5 Å². The van der Waals surface area contributed by atoms with Crippen LogP contribution in [0.5, 0.6) is 0 Å². The van der Waals surface area contributed by atoms with Crippen molar-refractivity contribution in [1.29, 1.82) is 0 Å². The van der Waals surface area contributed by atoms with Gasteiger partial charge in [0.1, 0.15) is 17.7 Å². The van der Waals surface area contributed by atoms with Crippen molar-refractivity contribution in [3.05, 3.63) is 41.7 Å². The highest BCUT2D eigenvalue weighted by atomic mass is 19.3. The number of nitrogens with zero attached hydrogens (tertiary/aromatic N) is 6. The lowest BCUT2D eigenvalue weighted by Gasteiger charge is -2.33. The maximum atomic E-state index is 15.2. The minimum atomic E-state index is -2.65. The quantitative estimate of drug-likeness (QED) is 0.603. The van der Waals surface area contributed by atoms with Gasteiger partial charge in [-0.25, -0.2) is 28.1 Å². The van der Waals surface area contributed by atoms with Crippen molar-refractivity contribution in [2.24, 2.45) is 5.73 Å². The highest BCUT2D eigenvalue weighted by molar-refractivity contribution is 5.81. The molecule has 176 valence electrons. The molecule has 0 spiro atoms. The normalized spacial score (nSPS) is 21.2. The van der Waals surface area contributed by atoms with Gasteiger partial charge in [0.15, 0.2) is 11.5 Å². The summed E-state index contributed by atoms with van der Waals surface area (Å²) >= 11 is 0. The molecule has 2 aliphatic rings. The maximum Gasteiger partial charge on any atom is 0.250 e. The van der Waals surface area contributed by atoms with Crippen LogP contribution in [0.1, 0.15) is 30.4 Å². The van der Waals surface area contributed by atoms with Crippen LogP contribution in [-0.4, -0.2) is 62.6 Å². The molecule has 1 aromatic carbocycles. The van der Waals surface area contributed by atoms with Crippen LogP contribution in [0.4, 0.5) is 24.7 Å². The van der Waals surface area contributed by atoms with E-state index in [1.807, 2.05) is 9.47 Å². The average molecular weight is 461 g/mol. The third-order valence-electron chi connectivity index (χ3n) is 6.64. The molecule has 2 aromatic heterocycles. The van der Waals surface area contributed by atoms with Crippen LogP contribution >= 0.6 is 0 Å². The van der Waals surface area contributed by atoms with Gasteiger partial charge in [0, 0.05) is 68.4 Å². The molecule has 0 bridgehead atoms. The van der Waals surface area contributed by atoms with E-state index in [9.17, 15) is 8.78 Å². The average Bonchev–Trinajstić information content (AvgIpc) is 3.39. The summed E-state index contributed by atoms with van der Waals surface area (Å²) in [4.78, 5) is 16.7. The molecule has 8 nitrogen and oxygen atoms in total. The van der Waals surface area contributed by atoms with E-state index in [1.54, 1.807) is 12.4 Å². The first kappa shape index (κ1) is 21.9. The molecule has 2 fully saturated rings. The predicted molar refractivity (Wildman–Crippen MR) is 120 cm³/mol. The number of piperidine rings is 1. The van der Waals surface area contributed by atoms with Crippen molar-refractivity contribution in [2.75, 3.05) is 36.8 Å². The van der Waals surface area contributed by atoms with Gasteiger partial charge in [-0.05, 0) is 18.6 Å². The van der Waals surface area contributed by atoms with Gasteiger partial charge in [-0.2, -0.15) is 0 Å². The van der Waals surface area contributed by atoms with Gasteiger partial charge in [0.2, 0.25) is 0 Å². The fraction of sp³-hybridized carbons (Fsp3) is 0.500. The second-order valence-electron chi connectivity index (χ2n) is 8.95. The predicted octanol–water partition coefficient (Wildman–Crippen LogP) is 2.36. The van der Waals surface area contributed by atoms with Gasteiger partial charge in [-0.15, -0.1) is 0 Å². The SMILES string of the molecule is Nc1ncnc2c1ncn2Cc1c(N2CCC(N)C2)ccc(F)c1CN1CCC(F)(F)CC1. The third-order valence-corrected chi connectivity index (χ3v) is 6.64. The lowest BCUT2D eigenvalue weighted by atomic mass is 10.0. The summed E-state index contributed by atoms with van der Waals surface area (Å²) in [7, 11) is 0. The summed E-state index contributed by atoms with van der Waals surface area (Å²) < 4.78 is 44.4. The van der Waals surface area contributed by atoms with Crippen LogP contribution in [0.25, 0.3) is 11.2 Å². The number of likely N-dealkylation sites (tertiary alicyclic amines) is 1. The topological polar surface area (TPSA) is 102 Å². The first-order chi connectivity index (χ1) is 15.8. The van der Waals surface area contributed by atoms with E-state index in [2.05, 4.69) is 19.9 Å². The molecule has 11 heteroatoms. The molecule has 1 atom stereocenters. The molecule has 4 heterocycles. The fourth-order valence-corrected chi connectivity index (χ4v) is 4.75. The number of fused-ring (bicyclic) bond motifs is 1. The number of benzene rings is 1. The lowest BCUT2D eigenvalue weighted by molar-refractivity contribution is -0.0568. The zero-order valence-electron chi connectivity index (χ0n) is 18.2. The molecule has 0 amide bonds. The second kappa shape index (κ2) is 8.45. The Hall–Kier alpha value is -2.92. The Kier molecular flexibility index (Phi) is 5.61. The molecule has 2 saturated heterocycles. The summed E-state index contributed by atoms with van der Waals surface area (Å²) in [5.74, 6) is -2.73. The smallest absolute Gasteiger partial charge is 0.250 e. The minimum absolute atomic E-state index is 0.0530. The van der Waals surface area contributed by atoms with E-state index < -0.39 is 5.92 Å². The van der Waals surface area contributed by atoms with Crippen molar-refractivity contribution in [2.45, 2.75) is 44.3 Å². The minimum Gasteiger partial charge on any atom is -0.382 e. The van der Waals surface area contributed by atoms with E-state index in [-0.39, 0.29) is 50.2 Å². The van der Waals surface area contributed by atoms with E-state index >= 15 is 4.39 Å². The Labute approximate surface area is 189 Å². The van der Waals surface area contributed by atoms with Crippen LogP contribution in [0.3, 0.4) is 0 Å². The number of halogens is 3. The van der Waals surface area contributed by atoms with Gasteiger partial charge in [-0.1, -0.05) is 0 Å². The number of alkyl halides is 2. The molecule has 0 saturated carbocycles. The van der Waals surface area contributed by atoms with Crippen LogP contribution in [0.15, 0.2) is 24.8 Å². The van der Waals surface area contributed by atoms with Gasteiger partial charge in [-0.3, -0.25) is 4.90 Å². The highest BCUT2D eigenvalue weighted by Crippen LogP contribution is 2.33. The van der Waals surface area contributed by atoms with Gasteiger partial charge < -0.3 is 20.9 Å². The number of nitrogen functional groups attached to an aromatic ring is 1. The zero-order valence-corrected chi connectivity index (χ0v) is 18.2. The molecule has 33 heavy (non-hydrogen) atoms. The second-order valence-corrected chi connectivity index (χ2v) is 8.95. The number of nitrogens with two attached hydrogens (primary N) is 2. The highest BCUT2D eigenvalue weighted by Gasteiger charge is 2.34. The Morgan fingerprint density at radius 3 is 2.55 bits per heavy atom. The Morgan fingerprint density at radius 1 is 1.03 bits per heavy atom. The van der Waals surface area contributed by atoms with Crippen LogP contribution in [0, 0.1) is 5.82 Å². The van der Waals surface area contributed by atoms with Crippen molar-refractivity contribution < 1.29 is 13.2 Å². The van der Waals surface area contributed by atoms with Crippen molar-refractivity contribution in [3.63, 3.8) is 0 Å². The summed E-state index contributed by atoms with van der Waals surface area (Å²) in [5, 5.41) is 0. The Morgan fingerprint density at radius 2 is 1.82 bits per heavy atom. The Balaban J connectivity index is 1.54. The van der Waals surface area contributed by atoms with Crippen molar-refractivity contribution >= 4 is 22.7 Å². The first-order valence-electron chi connectivity index (χ1n) is 11.1. The number of rotatable bonds is 5. The standard InChI is InChI=1S/C22H27F3N8/c23-17-1-2-18(32-6-3-14(26)9-32)16(15(17)10-31-7-4-22(24,25)5-8-31)11-33-13-30-19-20(27)28-12-29-21(19)33/h1-2,12-14H,3-11,26H2,(H2,27,28,29). The van der Waals surface area contributed by atoms with Gasteiger partial charge in [0.25, 0.3) is 5.92 Å². The summed E-state index contributed by atoms with van der Waals surface area (Å²) in [6.45, 7) is 2.47. The number of hydrogen-bond donors (Lipinski definition) is 2. The van der Waals surface area contributed by atoms with Crippen LogP contribution < -0.4 is 16.4 Å². The van der Waals surface area contributed by atoms with E-state index in [0.29, 0.717) is 29.8 Å². The Bertz CT molecular complexity index is 1150. The molecule has 0 radical (unpaired) electrons. The third kappa shape index (κ3) is 4.34. The molecule has 1 unspecified atom stereocenters. The first-order valence-corrected chi connectivity index (χ1v) is 11.1. The zero-order chi connectivity index (χ0) is 23.2. The van der Waals surface area contributed by atoms with Crippen molar-refractivity contribution in [1.82, 2.24) is 24.4 Å². The molecular weight excluding hydrogens is 433 g/mol. The monoisotopic (exact) mass is 460 g/mol. The number of aromatic nitrogens is 4. The van der Waals surface area contributed by atoms with E-state index in [0.717, 1.165) is 24.2 Å². The van der Waals surface area contributed by atoms with Crippen LogP contribution in [0.2, 0.25) is 0 Å². The van der Waals surface area contributed by atoms with Gasteiger partial charge in [0.05, 0.1) is 12.9 Å². The molecule has 4 N–H and O–H groups in total. The summed E-state index contributed by atoms with van der Waals surface area (Å²) in [5.41, 5.74) is 15.3. The lowest BCUT2D eigenvalue weighted by Crippen LogP contribution is -2.39. The molecule has 0 aliphatic carbocycles. The maximum absolute atomic E-state index is 15.2. The largest absolute Gasteiger partial charge is 0.382 e. The van der Waals surface area contributed by atoms with E-state index in [1.165, 1.54) is 12.4 Å². The fourth-order valence-electron chi connectivity index (χ4n) is 4.75. The van der Waals surface area contributed by atoms with Crippen molar-refractivity contribution in [3.8, 4) is 0 Å². The number of hydrogen-bond acceptors (Lipinski definition) is 7. The summed E-state index contributed by atoms with van der Waals surface area (Å²) in [6, 6.07) is 3.29. The van der Waals surface area contributed by atoms with Gasteiger partial charge >= 0.3 is 0 Å². The molecule has 5 rings (SSSR count). The molecular formula is C22H27F3N8. The van der Waals surface area contributed by atoms with Crippen LogP contribution in [-0.2, 0) is 13.1 Å². The number of imidazole rings is 1. The number of anilines is 2.